The summed E-state index contributed by atoms with van der Waals surface area (Å²) in [6, 6.07) is 23.2. The topological polar surface area (TPSA) is 69.0 Å². The number of aromatic nitrogens is 3. The van der Waals surface area contributed by atoms with Gasteiger partial charge in [-0.05, 0) is 54.4 Å². The third-order valence-corrected chi connectivity index (χ3v) is 6.24. The molecule has 0 radical (unpaired) electrons. The number of rotatable bonds is 9. The second-order valence-corrected chi connectivity index (χ2v) is 8.75. The van der Waals surface area contributed by atoms with Gasteiger partial charge < -0.3 is 14.6 Å². The van der Waals surface area contributed by atoms with Crippen LogP contribution in [0.25, 0.3) is 11.1 Å². The van der Waals surface area contributed by atoms with Crippen LogP contribution in [0.4, 0.5) is 4.39 Å². The van der Waals surface area contributed by atoms with Crippen LogP contribution in [0.2, 0.25) is 0 Å². The van der Waals surface area contributed by atoms with Crippen LogP contribution < -0.4 is 10.1 Å². The third-order valence-electron chi connectivity index (χ3n) is 5.25. The minimum atomic E-state index is -0.316. The Balaban J connectivity index is 1.30. The Morgan fingerprint density at radius 3 is 2.38 bits per heavy atom. The monoisotopic (exact) mass is 476 g/mol. The standard InChI is InChI=1S/C26H25FN4O2S/c1-18(28-25(32)21-10-8-20(9-11-21)19-6-4-3-5-7-19)24-29-30-26(31(24)2)34-17-16-33-23-14-12-22(27)13-15-23/h3-15,18H,16-17H2,1-2H3,(H,28,32). The minimum Gasteiger partial charge on any atom is -0.493 e. The molecule has 0 saturated heterocycles. The summed E-state index contributed by atoms with van der Waals surface area (Å²) >= 11 is 1.50. The van der Waals surface area contributed by atoms with Crippen molar-refractivity contribution < 1.29 is 13.9 Å². The zero-order valence-electron chi connectivity index (χ0n) is 18.9. The van der Waals surface area contributed by atoms with Gasteiger partial charge in [0, 0.05) is 18.4 Å². The quantitative estimate of drug-likeness (QED) is 0.263. The van der Waals surface area contributed by atoms with Crippen LogP contribution in [0.1, 0.15) is 29.1 Å². The summed E-state index contributed by atoms with van der Waals surface area (Å²) in [6.45, 7) is 2.33. The lowest BCUT2D eigenvalue weighted by molar-refractivity contribution is 0.0937. The van der Waals surface area contributed by atoms with Gasteiger partial charge in [0.1, 0.15) is 11.6 Å². The molecule has 1 amide bonds. The Morgan fingerprint density at radius 2 is 1.68 bits per heavy atom. The van der Waals surface area contributed by atoms with Gasteiger partial charge in [0.15, 0.2) is 11.0 Å². The second kappa shape index (κ2) is 11.0. The number of halogens is 1. The first-order valence-electron chi connectivity index (χ1n) is 10.9. The fraction of sp³-hybridized carbons (Fsp3) is 0.192. The molecule has 1 unspecified atom stereocenters. The van der Waals surface area contributed by atoms with Crippen molar-refractivity contribution in [2.75, 3.05) is 12.4 Å². The molecule has 34 heavy (non-hydrogen) atoms. The molecular formula is C26H25FN4O2S. The lowest BCUT2D eigenvalue weighted by atomic mass is 10.0. The van der Waals surface area contributed by atoms with E-state index in [9.17, 15) is 9.18 Å². The molecule has 0 aliphatic heterocycles. The molecule has 1 heterocycles. The van der Waals surface area contributed by atoms with E-state index in [0.717, 1.165) is 16.3 Å². The molecule has 1 N–H and O–H groups in total. The smallest absolute Gasteiger partial charge is 0.251 e. The highest BCUT2D eigenvalue weighted by Gasteiger charge is 2.18. The van der Waals surface area contributed by atoms with Crippen molar-refractivity contribution in [3.05, 3.63) is 96.1 Å². The SMILES string of the molecule is CC(NC(=O)c1ccc(-c2ccccc2)cc1)c1nnc(SCCOc2ccc(F)cc2)n1C. The number of hydrogen-bond acceptors (Lipinski definition) is 5. The van der Waals surface area contributed by atoms with Gasteiger partial charge in [-0.25, -0.2) is 4.39 Å². The van der Waals surface area contributed by atoms with Crippen LogP contribution in [0, 0.1) is 5.82 Å². The summed E-state index contributed by atoms with van der Waals surface area (Å²) in [7, 11) is 1.87. The number of amides is 1. The van der Waals surface area contributed by atoms with Crippen LogP contribution in [-0.4, -0.2) is 33.0 Å². The van der Waals surface area contributed by atoms with Crippen molar-refractivity contribution in [1.29, 1.82) is 0 Å². The number of thioether (sulfide) groups is 1. The molecule has 0 bridgehead atoms. The molecule has 0 saturated carbocycles. The maximum atomic E-state index is 13.0. The highest BCUT2D eigenvalue weighted by atomic mass is 32.2. The van der Waals surface area contributed by atoms with Crippen molar-refractivity contribution in [3.63, 3.8) is 0 Å². The number of carbonyl (C=O) groups excluding carboxylic acids is 1. The first-order valence-corrected chi connectivity index (χ1v) is 11.9. The van der Waals surface area contributed by atoms with Gasteiger partial charge in [-0.3, -0.25) is 4.79 Å². The Hall–Kier alpha value is -3.65. The molecule has 8 heteroatoms. The molecule has 0 spiro atoms. The lowest BCUT2D eigenvalue weighted by Crippen LogP contribution is -2.28. The second-order valence-electron chi connectivity index (χ2n) is 7.69. The Labute approximate surface area is 202 Å². The number of hydrogen-bond donors (Lipinski definition) is 1. The van der Waals surface area contributed by atoms with E-state index in [1.165, 1.54) is 23.9 Å². The zero-order valence-corrected chi connectivity index (χ0v) is 19.8. The fourth-order valence-electron chi connectivity index (χ4n) is 3.44. The van der Waals surface area contributed by atoms with E-state index in [1.54, 1.807) is 12.1 Å². The van der Waals surface area contributed by atoms with E-state index in [0.29, 0.717) is 29.5 Å². The molecule has 4 aromatic rings. The van der Waals surface area contributed by atoms with Gasteiger partial charge in [0.2, 0.25) is 0 Å². The molecule has 1 atom stereocenters. The largest absolute Gasteiger partial charge is 0.493 e. The maximum Gasteiger partial charge on any atom is 0.251 e. The Morgan fingerprint density at radius 1 is 1.00 bits per heavy atom. The molecule has 3 aromatic carbocycles. The summed E-state index contributed by atoms with van der Waals surface area (Å²) in [6.07, 6.45) is 0. The molecular weight excluding hydrogens is 451 g/mol. The molecule has 0 aliphatic rings. The Bertz CT molecular complexity index is 1230. The van der Waals surface area contributed by atoms with Crippen molar-refractivity contribution >= 4 is 17.7 Å². The van der Waals surface area contributed by atoms with Crippen molar-refractivity contribution in [3.8, 4) is 16.9 Å². The van der Waals surface area contributed by atoms with E-state index in [-0.39, 0.29) is 17.8 Å². The summed E-state index contributed by atoms with van der Waals surface area (Å²) in [4.78, 5) is 12.7. The first-order chi connectivity index (χ1) is 16.5. The average molecular weight is 477 g/mol. The third kappa shape index (κ3) is 5.82. The normalized spacial score (nSPS) is 11.7. The van der Waals surface area contributed by atoms with Crippen LogP contribution in [0.3, 0.4) is 0 Å². The predicted molar refractivity (Wildman–Crippen MR) is 131 cm³/mol. The van der Waals surface area contributed by atoms with E-state index in [2.05, 4.69) is 15.5 Å². The van der Waals surface area contributed by atoms with Crippen LogP contribution in [0.15, 0.2) is 84.0 Å². The molecule has 174 valence electrons. The lowest BCUT2D eigenvalue weighted by Gasteiger charge is -2.14. The van der Waals surface area contributed by atoms with Gasteiger partial charge in [-0.2, -0.15) is 0 Å². The predicted octanol–water partition coefficient (Wildman–Crippen LogP) is 5.28. The van der Waals surface area contributed by atoms with Crippen LogP contribution in [-0.2, 0) is 7.05 Å². The van der Waals surface area contributed by atoms with Gasteiger partial charge in [0.25, 0.3) is 5.91 Å². The first kappa shape index (κ1) is 23.5. The van der Waals surface area contributed by atoms with Gasteiger partial charge >= 0.3 is 0 Å². The minimum absolute atomic E-state index is 0.169. The van der Waals surface area contributed by atoms with Crippen molar-refractivity contribution in [1.82, 2.24) is 20.1 Å². The van der Waals surface area contributed by atoms with Crippen molar-refractivity contribution in [2.24, 2.45) is 7.05 Å². The van der Waals surface area contributed by atoms with Crippen LogP contribution >= 0.6 is 11.8 Å². The number of benzene rings is 3. The molecule has 1 aromatic heterocycles. The Kier molecular flexibility index (Phi) is 7.59. The van der Waals surface area contributed by atoms with Gasteiger partial charge in [-0.1, -0.05) is 54.2 Å². The number of carbonyl (C=O) groups is 1. The number of ether oxygens (including phenoxy) is 1. The highest BCUT2D eigenvalue weighted by Crippen LogP contribution is 2.21. The number of nitrogens with zero attached hydrogens (tertiary/aromatic N) is 3. The van der Waals surface area contributed by atoms with Gasteiger partial charge in [-0.15, -0.1) is 10.2 Å². The maximum absolute atomic E-state index is 13.0. The van der Waals surface area contributed by atoms with Crippen LogP contribution in [0.5, 0.6) is 5.75 Å². The van der Waals surface area contributed by atoms with E-state index in [4.69, 9.17) is 4.74 Å². The summed E-state index contributed by atoms with van der Waals surface area (Å²) in [5.74, 6) is 1.47. The molecule has 0 aliphatic carbocycles. The van der Waals surface area contributed by atoms with E-state index < -0.39 is 0 Å². The number of nitrogens with one attached hydrogen (secondary N) is 1. The zero-order chi connectivity index (χ0) is 23.9. The molecule has 0 fully saturated rings. The van der Waals surface area contributed by atoms with E-state index >= 15 is 0 Å². The summed E-state index contributed by atoms with van der Waals surface area (Å²) in [5, 5.41) is 12.2. The molecule has 4 rings (SSSR count). The van der Waals surface area contributed by atoms with E-state index in [1.807, 2.05) is 73.1 Å². The van der Waals surface area contributed by atoms with Gasteiger partial charge in [0.05, 0.1) is 12.6 Å². The summed E-state index contributed by atoms with van der Waals surface area (Å²) < 4.78 is 20.4. The summed E-state index contributed by atoms with van der Waals surface area (Å²) in [5.41, 5.74) is 2.75. The highest BCUT2D eigenvalue weighted by molar-refractivity contribution is 7.99. The van der Waals surface area contributed by atoms with Crippen molar-refractivity contribution in [2.45, 2.75) is 18.1 Å². The molecule has 6 nitrogen and oxygen atoms in total. The fourth-order valence-corrected chi connectivity index (χ4v) is 4.18. The average Bonchev–Trinajstić information content (AvgIpc) is 3.23.